The van der Waals surface area contributed by atoms with Crippen LogP contribution in [0.1, 0.15) is 10.4 Å². The molecule has 8 heteroatoms. The number of aryl methyl sites for hydroxylation is 2. The summed E-state index contributed by atoms with van der Waals surface area (Å²) < 4.78 is 1.54. The molecule has 0 radical (unpaired) electrons. The van der Waals surface area contributed by atoms with Crippen molar-refractivity contribution in [2.75, 3.05) is 11.1 Å². The first-order chi connectivity index (χ1) is 16.4. The molecule has 1 N–H and O–H groups in total. The van der Waals surface area contributed by atoms with Gasteiger partial charge in [-0.15, -0.1) is 11.3 Å². The van der Waals surface area contributed by atoms with Crippen LogP contribution in [0.25, 0.3) is 26.7 Å². The van der Waals surface area contributed by atoms with Crippen molar-refractivity contribution in [1.29, 1.82) is 0 Å². The van der Waals surface area contributed by atoms with E-state index < -0.39 is 0 Å². The van der Waals surface area contributed by atoms with Gasteiger partial charge in [0.15, 0.2) is 5.16 Å². The zero-order valence-corrected chi connectivity index (χ0v) is 20.9. The second-order valence-corrected chi connectivity index (χ2v) is 10.4. The van der Waals surface area contributed by atoms with Crippen molar-refractivity contribution in [2.24, 2.45) is 0 Å². The van der Waals surface area contributed by atoms with Gasteiger partial charge in [-0.3, -0.25) is 14.2 Å². The molecule has 0 aliphatic heterocycles. The third-order valence-electron chi connectivity index (χ3n) is 5.63. The van der Waals surface area contributed by atoms with Crippen LogP contribution in [0.5, 0.6) is 0 Å². The van der Waals surface area contributed by atoms with Gasteiger partial charge in [0.25, 0.3) is 5.56 Å². The molecule has 0 bridgehead atoms. The van der Waals surface area contributed by atoms with Crippen LogP contribution in [0.15, 0.2) is 76.7 Å². The first-order valence-corrected chi connectivity index (χ1v) is 12.8. The monoisotopic (exact) mass is 505 g/mol. The first-order valence-electron chi connectivity index (χ1n) is 10.6. The number of nitrogens with one attached hydrogen (secondary N) is 1. The molecule has 5 aromatic rings. The number of rotatable bonds is 5. The molecule has 1 amide bonds. The van der Waals surface area contributed by atoms with Crippen molar-refractivity contribution >= 4 is 67.3 Å². The maximum Gasteiger partial charge on any atom is 0.267 e. The van der Waals surface area contributed by atoms with Gasteiger partial charge in [0.1, 0.15) is 4.83 Å². The molecule has 0 aliphatic carbocycles. The molecule has 0 spiro atoms. The Morgan fingerprint density at radius 3 is 2.68 bits per heavy atom. The van der Waals surface area contributed by atoms with Crippen LogP contribution in [0.2, 0.25) is 5.02 Å². The minimum atomic E-state index is -0.174. The normalized spacial score (nSPS) is 11.3. The fourth-order valence-corrected chi connectivity index (χ4v) is 5.93. The Balaban J connectivity index is 1.50. The van der Waals surface area contributed by atoms with Gasteiger partial charge in [0.2, 0.25) is 5.91 Å². The summed E-state index contributed by atoms with van der Waals surface area (Å²) in [6.07, 6.45) is 0. The molecule has 2 heterocycles. The predicted octanol–water partition coefficient (Wildman–Crippen LogP) is 6.60. The molecule has 0 atom stereocenters. The summed E-state index contributed by atoms with van der Waals surface area (Å²) in [5.74, 6) is -0.0719. The Morgan fingerprint density at radius 2 is 1.85 bits per heavy atom. The lowest BCUT2D eigenvalue weighted by Gasteiger charge is -2.13. The van der Waals surface area contributed by atoms with Gasteiger partial charge >= 0.3 is 0 Å². The van der Waals surface area contributed by atoms with E-state index >= 15 is 0 Å². The number of benzene rings is 3. The van der Waals surface area contributed by atoms with Gasteiger partial charge in [0, 0.05) is 21.0 Å². The number of hydrogen-bond donors (Lipinski definition) is 1. The minimum absolute atomic E-state index is 0.102. The van der Waals surface area contributed by atoms with Gasteiger partial charge in [-0.1, -0.05) is 65.8 Å². The summed E-state index contributed by atoms with van der Waals surface area (Å²) in [4.78, 5) is 32.9. The van der Waals surface area contributed by atoms with E-state index in [9.17, 15) is 9.59 Å². The number of nitrogens with zero attached hydrogens (tertiary/aromatic N) is 2. The number of hydrogen-bond acceptors (Lipinski definition) is 5. The number of anilines is 1. The number of halogens is 1. The molecule has 2 aromatic heterocycles. The van der Waals surface area contributed by atoms with E-state index in [1.807, 2.05) is 62.4 Å². The zero-order chi connectivity index (χ0) is 23.8. The van der Waals surface area contributed by atoms with Crippen molar-refractivity contribution < 1.29 is 4.79 Å². The van der Waals surface area contributed by atoms with Crippen LogP contribution in [-0.4, -0.2) is 21.2 Å². The summed E-state index contributed by atoms with van der Waals surface area (Å²) in [5, 5.41) is 6.60. The van der Waals surface area contributed by atoms with Gasteiger partial charge < -0.3 is 5.32 Å². The SMILES string of the molecule is Cc1sc2nc(SCC(=O)Nc3cccc4ccccc34)n(-c3cccc(Cl)c3)c(=O)c2c1C. The fraction of sp³-hybridized carbons (Fsp3) is 0.115. The highest BCUT2D eigenvalue weighted by molar-refractivity contribution is 7.99. The molecule has 34 heavy (non-hydrogen) atoms. The van der Waals surface area contributed by atoms with Crippen molar-refractivity contribution in [3.05, 3.63) is 92.5 Å². The Bertz CT molecular complexity index is 1620. The second kappa shape index (κ2) is 9.25. The van der Waals surface area contributed by atoms with Gasteiger partial charge in [-0.2, -0.15) is 0 Å². The van der Waals surface area contributed by atoms with E-state index in [1.54, 1.807) is 22.8 Å². The van der Waals surface area contributed by atoms with Crippen molar-refractivity contribution in [1.82, 2.24) is 9.55 Å². The van der Waals surface area contributed by atoms with Gasteiger partial charge in [-0.05, 0) is 49.1 Å². The summed E-state index contributed by atoms with van der Waals surface area (Å²) in [6, 6.07) is 20.8. The Labute approximate surface area is 209 Å². The number of amides is 1. The smallest absolute Gasteiger partial charge is 0.267 e. The van der Waals surface area contributed by atoms with Crippen LogP contribution in [0.3, 0.4) is 0 Å². The first kappa shape index (κ1) is 22.7. The van der Waals surface area contributed by atoms with E-state index in [1.165, 1.54) is 23.1 Å². The second-order valence-electron chi connectivity index (χ2n) is 7.84. The maximum absolute atomic E-state index is 13.5. The lowest BCUT2D eigenvalue weighted by atomic mass is 10.1. The Hall–Kier alpha value is -3.13. The molecule has 3 aromatic carbocycles. The van der Waals surface area contributed by atoms with E-state index in [0.29, 0.717) is 26.1 Å². The fourth-order valence-electron chi connectivity index (χ4n) is 3.87. The lowest BCUT2D eigenvalue weighted by molar-refractivity contribution is -0.113. The van der Waals surface area contributed by atoms with Crippen LogP contribution >= 0.6 is 34.7 Å². The maximum atomic E-state index is 13.5. The van der Waals surface area contributed by atoms with Crippen LogP contribution < -0.4 is 10.9 Å². The average molecular weight is 506 g/mol. The van der Waals surface area contributed by atoms with Crippen LogP contribution in [-0.2, 0) is 4.79 Å². The van der Waals surface area contributed by atoms with E-state index in [-0.39, 0.29) is 17.2 Å². The standard InChI is InChI=1S/C26H20ClN3O2S2/c1-15-16(2)34-24-23(15)25(32)30(19-10-6-9-18(27)13-19)26(29-24)33-14-22(31)28-21-12-5-8-17-7-3-4-11-20(17)21/h3-13H,14H2,1-2H3,(H,28,31). The lowest BCUT2D eigenvalue weighted by Crippen LogP contribution is -2.23. The highest BCUT2D eigenvalue weighted by Crippen LogP contribution is 2.30. The summed E-state index contributed by atoms with van der Waals surface area (Å²) >= 11 is 8.93. The quantitative estimate of drug-likeness (QED) is 0.216. The van der Waals surface area contributed by atoms with Crippen molar-refractivity contribution in [3.8, 4) is 5.69 Å². The molecule has 5 rings (SSSR count). The highest BCUT2D eigenvalue weighted by atomic mass is 35.5. The number of carbonyl (C=O) groups is 1. The van der Waals surface area contributed by atoms with Crippen LogP contribution in [0.4, 0.5) is 5.69 Å². The van der Waals surface area contributed by atoms with E-state index in [0.717, 1.165) is 26.9 Å². The molecular formula is C26H20ClN3O2S2. The molecule has 0 saturated carbocycles. The number of thiophene rings is 1. The number of thioether (sulfide) groups is 1. The van der Waals surface area contributed by atoms with Gasteiger partial charge in [-0.25, -0.2) is 4.98 Å². The van der Waals surface area contributed by atoms with Crippen molar-refractivity contribution in [3.63, 3.8) is 0 Å². The highest BCUT2D eigenvalue weighted by Gasteiger charge is 2.19. The summed E-state index contributed by atoms with van der Waals surface area (Å²) in [7, 11) is 0. The number of fused-ring (bicyclic) bond motifs is 2. The van der Waals surface area contributed by atoms with Gasteiger partial charge in [0.05, 0.1) is 16.8 Å². The number of aromatic nitrogens is 2. The third-order valence-corrected chi connectivity index (χ3v) is 7.91. The molecule has 0 unspecified atom stereocenters. The third kappa shape index (κ3) is 4.22. The summed E-state index contributed by atoms with van der Waals surface area (Å²) in [5.41, 5.74) is 2.14. The molecule has 0 aliphatic rings. The molecule has 170 valence electrons. The Kier molecular flexibility index (Phi) is 6.16. The Morgan fingerprint density at radius 1 is 1.09 bits per heavy atom. The number of carbonyl (C=O) groups excluding carboxylic acids is 1. The van der Waals surface area contributed by atoms with Crippen molar-refractivity contribution in [2.45, 2.75) is 19.0 Å². The molecule has 5 nitrogen and oxygen atoms in total. The topological polar surface area (TPSA) is 64.0 Å². The van der Waals surface area contributed by atoms with Crippen LogP contribution in [0, 0.1) is 13.8 Å². The minimum Gasteiger partial charge on any atom is -0.325 e. The average Bonchev–Trinajstić information content (AvgIpc) is 3.11. The summed E-state index contributed by atoms with van der Waals surface area (Å²) in [6.45, 7) is 3.92. The van der Waals surface area contributed by atoms with E-state index in [2.05, 4.69) is 5.32 Å². The molecular weight excluding hydrogens is 486 g/mol. The largest absolute Gasteiger partial charge is 0.325 e. The zero-order valence-electron chi connectivity index (χ0n) is 18.5. The van der Waals surface area contributed by atoms with E-state index in [4.69, 9.17) is 16.6 Å². The predicted molar refractivity (Wildman–Crippen MR) is 143 cm³/mol. The molecule has 0 fully saturated rings. The molecule has 0 saturated heterocycles.